The molecular weight excluding hydrogens is 178 g/mol. The average molecular weight is 193 g/mol. The third kappa shape index (κ3) is 2.76. The summed E-state index contributed by atoms with van der Waals surface area (Å²) < 4.78 is 4.54. The van der Waals surface area contributed by atoms with Crippen molar-refractivity contribution in [2.45, 2.75) is 13.3 Å². The second-order valence-electron chi connectivity index (χ2n) is 2.94. The van der Waals surface area contributed by atoms with E-state index in [1.807, 2.05) is 24.3 Å². The van der Waals surface area contributed by atoms with Crippen LogP contribution >= 0.6 is 0 Å². The number of rotatable bonds is 4. The number of anilines is 1. The predicted molar refractivity (Wildman–Crippen MR) is 56.3 cm³/mol. The van der Waals surface area contributed by atoms with Crippen LogP contribution in [0.2, 0.25) is 0 Å². The molecule has 0 bridgehead atoms. The van der Waals surface area contributed by atoms with E-state index in [0.717, 1.165) is 12.1 Å². The number of aryl methyl sites for hydroxylation is 1. The minimum Gasteiger partial charge on any atom is -0.468 e. The molecule has 14 heavy (non-hydrogen) atoms. The summed E-state index contributed by atoms with van der Waals surface area (Å²) in [7, 11) is 1.38. The van der Waals surface area contributed by atoms with Gasteiger partial charge in [-0.2, -0.15) is 0 Å². The van der Waals surface area contributed by atoms with E-state index in [-0.39, 0.29) is 12.5 Å². The van der Waals surface area contributed by atoms with E-state index < -0.39 is 0 Å². The molecule has 0 aliphatic carbocycles. The van der Waals surface area contributed by atoms with Crippen molar-refractivity contribution < 1.29 is 9.53 Å². The molecule has 0 aliphatic rings. The Morgan fingerprint density at radius 2 is 2.14 bits per heavy atom. The average Bonchev–Trinajstić information content (AvgIpc) is 2.26. The molecule has 0 aliphatic heterocycles. The molecule has 0 amide bonds. The Labute approximate surface area is 84.1 Å². The largest absolute Gasteiger partial charge is 0.468 e. The third-order valence-electron chi connectivity index (χ3n) is 2.05. The Morgan fingerprint density at radius 3 is 2.79 bits per heavy atom. The smallest absolute Gasteiger partial charge is 0.325 e. The molecule has 0 saturated heterocycles. The van der Waals surface area contributed by atoms with Gasteiger partial charge in [-0.05, 0) is 18.1 Å². The maximum absolute atomic E-state index is 10.9. The van der Waals surface area contributed by atoms with Crippen LogP contribution in [0.3, 0.4) is 0 Å². The number of hydrogen-bond donors (Lipinski definition) is 1. The molecule has 0 fully saturated rings. The maximum atomic E-state index is 10.9. The first-order valence-electron chi connectivity index (χ1n) is 4.66. The Kier molecular flexibility index (Phi) is 3.98. The van der Waals surface area contributed by atoms with E-state index in [1.54, 1.807) is 0 Å². The van der Waals surface area contributed by atoms with Crippen LogP contribution in [0.15, 0.2) is 24.3 Å². The highest BCUT2D eigenvalue weighted by atomic mass is 16.5. The van der Waals surface area contributed by atoms with E-state index in [0.29, 0.717) is 0 Å². The van der Waals surface area contributed by atoms with Gasteiger partial charge in [-0.3, -0.25) is 4.79 Å². The van der Waals surface area contributed by atoms with Crippen LogP contribution in [0.4, 0.5) is 5.69 Å². The molecule has 1 rings (SSSR count). The van der Waals surface area contributed by atoms with Gasteiger partial charge in [0, 0.05) is 5.69 Å². The van der Waals surface area contributed by atoms with Gasteiger partial charge in [-0.1, -0.05) is 25.1 Å². The first-order valence-corrected chi connectivity index (χ1v) is 4.66. The maximum Gasteiger partial charge on any atom is 0.325 e. The zero-order valence-corrected chi connectivity index (χ0v) is 8.54. The van der Waals surface area contributed by atoms with Crippen LogP contribution in [0.25, 0.3) is 0 Å². The molecule has 0 aromatic heterocycles. The van der Waals surface area contributed by atoms with Crippen molar-refractivity contribution in [1.82, 2.24) is 0 Å². The summed E-state index contributed by atoms with van der Waals surface area (Å²) >= 11 is 0. The molecule has 1 N–H and O–H groups in total. The summed E-state index contributed by atoms with van der Waals surface area (Å²) in [5, 5.41) is 3.04. The van der Waals surface area contributed by atoms with Crippen LogP contribution < -0.4 is 5.32 Å². The second-order valence-corrected chi connectivity index (χ2v) is 2.94. The van der Waals surface area contributed by atoms with E-state index in [4.69, 9.17) is 0 Å². The standard InChI is InChI=1S/C11H15NO2/c1-3-9-6-4-5-7-10(9)12-8-11(13)14-2/h4-7,12H,3,8H2,1-2H3. The summed E-state index contributed by atoms with van der Waals surface area (Å²) in [4.78, 5) is 10.9. The van der Waals surface area contributed by atoms with E-state index in [1.165, 1.54) is 12.7 Å². The molecule has 3 heteroatoms. The number of methoxy groups -OCH3 is 1. The summed E-state index contributed by atoms with van der Waals surface area (Å²) in [6, 6.07) is 7.93. The molecule has 1 aromatic rings. The fraction of sp³-hybridized carbons (Fsp3) is 0.364. The minimum atomic E-state index is -0.254. The lowest BCUT2D eigenvalue weighted by atomic mass is 10.1. The van der Waals surface area contributed by atoms with Gasteiger partial charge >= 0.3 is 5.97 Å². The van der Waals surface area contributed by atoms with Gasteiger partial charge in [0.15, 0.2) is 0 Å². The van der Waals surface area contributed by atoms with Gasteiger partial charge in [0.05, 0.1) is 7.11 Å². The van der Waals surface area contributed by atoms with Crippen molar-refractivity contribution in [3.8, 4) is 0 Å². The summed E-state index contributed by atoms with van der Waals surface area (Å²) in [6.45, 7) is 2.30. The minimum absolute atomic E-state index is 0.216. The highest BCUT2D eigenvalue weighted by Crippen LogP contribution is 2.14. The SMILES string of the molecule is CCc1ccccc1NCC(=O)OC. The topological polar surface area (TPSA) is 38.3 Å². The summed E-state index contributed by atoms with van der Waals surface area (Å²) in [5.74, 6) is -0.254. The molecular formula is C11H15NO2. The zero-order chi connectivity index (χ0) is 10.4. The molecule has 0 unspecified atom stereocenters. The van der Waals surface area contributed by atoms with Crippen LogP contribution in [0, 0.1) is 0 Å². The van der Waals surface area contributed by atoms with Gasteiger partial charge in [0.2, 0.25) is 0 Å². The van der Waals surface area contributed by atoms with Crippen LogP contribution in [0.5, 0.6) is 0 Å². The van der Waals surface area contributed by atoms with Gasteiger partial charge in [-0.25, -0.2) is 0 Å². The Morgan fingerprint density at radius 1 is 1.43 bits per heavy atom. The Bertz CT molecular complexity index is 310. The number of para-hydroxylation sites is 1. The quantitative estimate of drug-likeness (QED) is 0.741. The predicted octanol–water partition coefficient (Wildman–Crippen LogP) is 1.83. The number of esters is 1. The lowest BCUT2D eigenvalue weighted by Crippen LogP contribution is -2.15. The van der Waals surface area contributed by atoms with Crippen molar-refractivity contribution in [1.29, 1.82) is 0 Å². The van der Waals surface area contributed by atoms with Crippen molar-refractivity contribution in [2.75, 3.05) is 19.0 Å². The second kappa shape index (κ2) is 5.27. The number of carbonyl (C=O) groups is 1. The molecule has 0 atom stereocenters. The highest BCUT2D eigenvalue weighted by Gasteiger charge is 2.02. The lowest BCUT2D eigenvalue weighted by molar-refractivity contribution is -0.138. The number of carbonyl (C=O) groups excluding carboxylic acids is 1. The van der Waals surface area contributed by atoms with Gasteiger partial charge in [0.1, 0.15) is 6.54 Å². The molecule has 76 valence electrons. The van der Waals surface area contributed by atoms with Crippen molar-refractivity contribution in [3.05, 3.63) is 29.8 Å². The van der Waals surface area contributed by atoms with Crippen molar-refractivity contribution in [3.63, 3.8) is 0 Å². The molecule has 3 nitrogen and oxygen atoms in total. The molecule has 0 radical (unpaired) electrons. The summed E-state index contributed by atoms with van der Waals surface area (Å²) in [5.41, 5.74) is 2.21. The van der Waals surface area contributed by atoms with Gasteiger partial charge < -0.3 is 10.1 Å². The van der Waals surface area contributed by atoms with Crippen molar-refractivity contribution in [2.24, 2.45) is 0 Å². The Hall–Kier alpha value is -1.51. The van der Waals surface area contributed by atoms with Crippen LogP contribution in [-0.4, -0.2) is 19.6 Å². The van der Waals surface area contributed by atoms with Crippen LogP contribution in [-0.2, 0) is 16.0 Å². The monoisotopic (exact) mass is 193 g/mol. The Balaban J connectivity index is 2.61. The number of hydrogen-bond acceptors (Lipinski definition) is 3. The first-order chi connectivity index (χ1) is 6.77. The molecule has 0 saturated carbocycles. The normalized spacial score (nSPS) is 9.57. The molecule has 1 aromatic carbocycles. The fourth-order valence-corrected chi connectivity index (χ4v) is 1.24. The van der Waals surface area contributed by atoms with E-state index in [2.05, 4.69) is 17.0 Å². The molecule has 0 spiro atoms. The lowest BCUT2D eigenvalue weighted by Gasteiger charge is -2.09. The van der Waals surface area contributed by atoms with E-state index in [9.17, 15) is 4.79 Å². The molecule has 0 heterocycles. The number of ether oxygens (including phenoxy) is 1. The van der Waals surface area contributed by atoms with Gasteiger partial charge in [0.25, 0.3) is 0 Å². The fourth-order valence-electron chi connectivity index (χ4n) is 1.24. The van der Waals surface area contributed by atoms with Crippen LogP contribution in [0.1, 0.15) is 12.5 Å². The summed E-state index contributed by atoms with van der Waals surface area (Å²) in [6.07, 6.45) is 0.949. The highest BCUT2D eigenvalue weighted by molar-refractivity contribution is 5.75. The van der Waals surface area contributed by atoms with E-state index >= 15 is 0 Å². The van der Waals surface area contributed by atoms with Crippen molar-refractivity contribution >= 4 is 11.7 Å². The number of benzene rings is 1. The first kappa shape index (κ1) is 10.6. The zero-order valence-electron chi connectivity index (χ0n) is 8.54. The third-order valence-corrected chi connectivity index (χ3v) is 2.05. The number of nitrogens with one attached hydrogen (secondary N) is 1. The van der Waals surface area contributed by atoms with Gasteiger partial charge in [-0.15, -0.1) is 0 Å².